The Morgan fingerprint density at radius 1 is 1.36 bits per heavy atom. The van der Waals surface area contributed by atoms with Crippen LogP contribution in [-0.4, -0.2) is 6.54 Å². The van der Waals surface area contributed by atoms with Crippen LogP contribution in [-0.2, 0) is 6.42 Å². The van der Waals surface area contributed by atoms with Crippen molar-refractivity contribution in [3.63, 3.8) is 0 Å². The molecule has 2 rings (SSSR count). The lowest BCUT2D eigenvalue weighted by molar-refractivity contribution is 0.304. The molecule has 76 valence electrons. The van der Waals surface area contributed by atoms with Gasteiger partial charge in [0, 0.05) is 0 Å². The fourth-order valence-corrected chi connectivity index (χ4v) is 1.83. The third-order valence-electron chi connectivity index (χ3n) is 2.80. The van der Waals surface area contributed by atoms with Gasteiger partial charge in [0.1, 0.15) is 6.17 Å². The summed E-state index contributed by atoms with van der Waals surface area (Å²) in [6.45, 7) is 0.592. The van der Waals surface area contributed by atoms with Crippen molar-refractivity contribution in [3.8, 4) is 0 Å². The fourth-order valence-electron chi connectivity index (χ4n) is 1.83. The quantitative estimate of drug-likeness (QED) is 0.781. The van der Waals surface area contributed by atoms with Crippen LogP contribution >= 0.6 is 0 Å². The molecule has 1 aromatic carbocycles. The highest BCUT2D eigenvalue weighted by atomic mass is 19.1. The normalized spacial score (nSPS) is 18.1. The average molecular weight is 193 g/mol. The van der Waals surface area contributed by atoms with E-state index in [2.05, 4.69) is 0 Å². The minimum Gasteiger partial charge on any atom is -0.330 e. The van der Waals surface area contributed by atoms with Crippen LogP contribution in [0.1, 0.15) is 30.1 Å². The zero-order valence-electron chi connectivity index (χ0n) is 8.25. The van der Waals surface area contributed by atoms with Gasteiger partial charge in [0.25, 0.3) is 0 Å². The summed E-state index contributed by atoms with van der Waals surface area (Å²) in [5, 5.41) is 0. The van der Waals surface area contributed by atoms with Gasteiger partial charge in [-0.15, -0.1) is 0 Å². The first kappa shape index (κ1) is 9.66. The van der Waals surface area contributed by atoms with Gasteiger partial charge in [-0.2, -0.15) is 0 Å². The van der Waals surface area contributed by atoms with E-state index >= 15 is 0 Å². The molecular formula is C12H16FN. The molecule has 0 amide bonds. The summed E-state index contributed by atoms with van der Waals surface area (Å²) < 4.78 is 13.9. The van der Waals surface area contributed by atoms with Crippen LogP contribution in [0.25, 0.3) is 0 Å². The summed E-state index contributed by atoms with van der Waals surface area (Å²) in [7, 11) is 0. The van der Waals surface area contributed by atoms with Gasteiger partial charge in [0.15, 0.2) is 0 Å². The van der Waals surface area contributed by atoms with E-state index in [1.165, 1.54) is 0 Å². The Bertz CT molecular complexity index is 307. The van der Waals surface area contributed by atoms with Gasteiger partial charge in [-0.1, -0.05) is 24.3 Å². The molecule has 0 radical (unpaired) electrons. The predicted molar refractivity (Wildman–Crippen MR) is 55.8 cm³/mol. The van der Waals surface area contributed by atoms with Gasteiger partial charge in [0.2, 0.25) is 0 Å². The molecule has 0 aliphatic heterocycles. The van der Waals surface area contributed by atoms with Crippen molar-refractivity contribution in [3.05, 3.63) is 35.4 Å². The van der Waals surface area contributed by atoms with E-state index in [9.17, 15) is 4.39 Å². The molecule has 14 heavy (non-hydrogen) atoms. The molecule has 1 aliphatic carbocycles. The lowest BCUT2D eigenvalue weighted by Gasteiger charge is -2.12. The Hall–Kier alpha value is -0.890. The highest BCUT2D eigenvalue weighted by molar-refractivity contribution is 5.30. The standard InChI is InChI=1S/C12H16FN/c13-12(10-5-6-10)11-4-2-1-3-9(11)7-8-14/h1-4,10,12H,5-8,14H2. The molecule has 0 spiro atoms. The van der Waals surface area contributed by atoms with Gasteiger partial charge < -0.3 is 5.73 Å². The molecule has 0 bridgehead atoms. The number of rotatable bonds is 4. The van der Waals surface area contributed by atoms with Crippen molar-refractivity contribution >= 4 is 0 Å². The van der Waals surface area contributed by atoms with Crippen LogP contribution in [0.3, 0.4) is 0 Å². The van der Waals surface area contributed by atoms with Crippen LogP contribution in [0.4, 0.5) is 4.39 Å². The lowest BCUT2D eigenvalue weighted by Crippen LogP contribution is -2.07. The Morgan fingerprint density at radius 2 is 2.07 bits per heavy atom. The second kappa shape index (κ2) is 4.09. The first-order chi connectivity index (χ1) is 6.83. The van der Waals surface area contributed by atoms with Crippen molar-refractivity contribution < 1.29 is 4.39 Å². The summed E-state index contributed by atoms with van der Waals surface area (Å²) in [5.41, 5.74) is 7.44. The number of benzene rings is 1. The maximum absolute atomic E-state index is 13.9. The molecule has 1 fully saturated rings. The zero-order chi connectivity index (χ0) is 9.97. The van der Waals surface area contributed by atoms with E-state index in [1.54, 1.807) is 0 Å². The van der Waals surface area contributed by atoms with E-state index in [1.807, 2.05) is 24.3 Å². The third-order valence-corrected chi connectivity index (χ3v) is 2.80. The summed E-state index contributed by atoms with van der Waals surface area (Å²) in [4.78, 5) is 0. The van der Waals surface area contributed by atoms with Gasteiger partial charge in [-0.3, -0.25) is 0 Å². The summed E-state index contributed by atoms with van der Waals surface area (Å²) in [5.74, 6) is 0.272. The zero-order valence-corrected chi connectivity index (χ0v) is 8.25. The van der Waals surface area contributed by atoms with Gasteiger partial charge >= 0.3 is 0 Å². The van der Waals surface area contributed by atoms with E-state index in [0.717, 1.165) is 30.4 Å². The van der Waals surface area contributed by atoms with Crippen molar-refractivity contribution in [2.45, 2.75) is 25.4 Å². The maximum atomic E-state index is 13.9. The minimum absolute atomic E-state index is 0.272. The molecule has 1 unspecified atom stereocenters. The highest BCUT2D eigenvalue weighted by Gasteiger charge is 2.33. The monoisotopic (exact) mass is 193 g/mol. The van der Waals surface area contributed by atoms with Gasteiger partial charge in [-0.25, -0.2) is 4.39 Å². The number of halogens is 1. The smallest absolute Gasteiger partial charge is 0.128 e. The third kappa shape index (κ3) is 1.95. The Morgan fingerprint density at radius 3 is 2.71 bits per heavy atom. The molecule has 0 heterocycles. The number of hydrogen-bond donors (Lipinski definition) is 1. The fraction of sp³-hybridized carbons (Fsp3) is 0.500. The van der Waals surface area contributed by atoms with Crippen LogP contribution in [0.2, 0.25) is 0 Å². The number of nitrogens with two attached hydrogens (primary N) is 1. The summed E-state index contributed by atoms with van der Waals surface area (Å²) in [6, 6.07) is 7.74. The van der Waals surface area contributed by atoms with E-state index in [-0.39, 0.29) is 5.92 Å². The first-order valence-corrected chi connectivity index (χ1v) is 5.25. The van der Waals surface area contributed by atoms with E-state index < -0.39 is 6.17 Å². The Balaban J connectivity index is 2.20. The molecule has 1 nitrogen and oxygen atoms in total. The van der Waals surface area contributed by atoms with Crippen LogP contribution in [0.5, 0.6) is 0 Å². The summed E-state index contributed by atoms with van der Waals surface area (Å²) >= 11 is 0. The largest absolute Gasteiger partial charge is 0.330 e. The average Bonchev–Trinajstić information content (AvgIpc) is 3.01. The number of hydrogen-bond acceptors (Lipinski definition) is 1. The molecule has 1 saturated carbocycles. The van der Waals surface area contributed by atoms with E-state index in [0.29, 0.717) is 6.54 Å². The SMILES string of the molecule is NCCc1ccccc1C(F)C1CC1. The lowest BCUT2D eigenvalue weighted by atomic mass is 9.98. The van der Waals surface area contributed by atoms with E-state index in [4.69, 9.17) is 5.73 Å². The molecule has 0 aromatic heterocycles. The molecule has 2 heteroatoms. The summed E-state index contributed by atoms with van der Waals surface area (Å²) in [6.07, 6.45) is 2.09. The minimum atomic E-state index is -0.766. The van der Waals surface area contributed by atoms with Crippen LogP contribution < -0.4 is 5.73 Å². The van der Waals surface area contributed by atoms with Crippen molar-refractivity contribution in [2.75, 3.05) is 6.54 Å². The van der Waals surface area contributed by atoms with Gasteiger partial charge in [0.05, 0.1) is 0 Å². The van der Waals surface area contributed by atoms with Crippen LogP contribution in [0, 0.1) is 5.92 Å². The Kier molecular flexibility index (Phi) is 2.82. The van der Waals surface area contributed by atoms with Crippen molar-refractivity contribution in [2.24, 2.45) is 11.7 Å². The van der Waals surface area contributed by atoms with Crippen molar-refractivity contribution in [1.29, 1.82) is 0 Å². The highest BCUT2D eigenvalue weighted by Crippen LogP contribution is 2.44. The molecule has 0 saturated heterocycles. The topological polar surface area (TPSA) is 26.0 Å². The van der Waals surface area contributed by atoms with Crippen molar-refractivity contribution in [1.82, 2.24) is 0 Å². The maximum Gasteiger partial charge on any atom is 0.128 e. The molecule has 2 N–H and O–H groups in total. The Labute approximate surface area is 84.1 Å². The van der Waals surface area contributed by atoms with Crippen LogP contribution in [0.15, 0.2) is 24.3 Å². The number of alkyl halides is 1. The second-order valence-corrected chi connectivity index (χ2v) is 3.98. The first-order valence-electron chi connectivity index (χ1n) is 5.25. The molecule has 1 aliphatic rings. The van der Waals surface area contributed by atoms with Gasteiger partial charge in [-0.05, 0) is 42.9 Å². The predicted octanol–water partition coefficient (Wildman–Crippen LogP) is 2.61. The molecule has 1 aromatic rings. The second-order valence-electron chi connectivity index (χ2n) is 3.98. The molecule has 1 atom stereocenters. The molecular weight excluding hydrogens is 177 g/mol.